The van der Waals surface area contributed by atoms with Crippen LogP contribution in [0.15, 0.2) is 53.0 Å². The van der Waals surface area contributed by atoms with Gasteiger partial charge >= 0.3 is 0 Å². The van der Waals surface area contributed by atoms with Crippen LogP contribution in [0.25, 0.3) is 0 Å². The minimum absolute atomic E-state index is 0.0609. The van der Waals surface area contributed by atoms with Crippen LogP contribution in [0.2, 0.25) is 0 Å². The summed E-state index contributed by atoms with van der Waals surface area (Å²) in [5.41, 5.74) is 2.56. The molecule has 23 heavy (non-hydrogen) atoms. The van der Waals surface area contributed by atoms with Gasteiger partial charge in [-0.2, -0.15) is 0 Å². The Morgan fingerprint density at radius 3 is 2.57 bits per heavy atom. The third-order valence-electron chi connectivity index (χ3n) is 3.97. The molecule has 1 aliphatic heterocycles. The summed E-state index contributed by atoms with van der Waals surface area (Å²) in [6.45, 7) is 2.62. The fraction of sp³-hybridized carbons (Fsp3) is 0.222. The normalized spacial score (nSPS) is 17.4. The van der Waals surface area contributed by atoms with E-state index in [1.807, 2.05) is 43.3 Å². The second kappa shape index (κ2) is 6.54. The minimum atomic E-state index is -0.476. The minimum Gasteiger partial charge on any atom is -0.340 e. The molecule has 1 atom stereocenters. The van der Waals surface area contributed by atoms with Gasteiger partial charge in [0, 0.05) is 16.7 Å². The van der Waals surface area contributed by atoms with Crippen LogP contribution in [0.1, 0.15) is 22.3 Å². The smallest absolute Gasteiger partial charge is 0.253 e. The van der Waals surface area contributed by atoms with Gasteiger partial charge in [-0.15, -0.1) is 0 Å². The van der Waals surface area contributed by atoms with Gasteiger partial charge in [0.05, 0.1) is 5.56 Å². The second-order valence-electron chi connectivity index (χ2n) is 5.62. The molecule has 0 bridgehead atoms. The molecule has 0 unspecified atom stereocenters. The van der Waals surface area contributed by atoms with Gasteiger partial charge in [0.15, 0.2) is 0 Å². The average Bonchev–Trinajstić information content (AvgIpc) is 2.89. The standard InChI is InChI=1S/C18H17BrN2O2/c1-12-6-8-13(9-7-12)21-11-10-16(18(21)23)20-17(22)14-4-2-3-5-15(14)19/h2-9,16H,10-11H2,1H3,(H,20,22)/t16-/m0/s1. The number of anilines is 1. The largest absolute Gasteiger partial charge is 0.340 e. The monoisotopic (exact) mass is 372 g/mol. The molecule has 1 saturated heterocycles. The van der Waals surface area contributed by atoms with E-state index >= 15 is 0 Å². The number of hydrogen-bond acceptors (Lipinski definition) is 2. The van der Waals surface area contributed by atoms with Crippen molar-refractivity contribution >= 4 is 33.4 Å². The van der Waals surface area contributed by atoms with Gasteiger partial charge in [0.1, 0.15) is 6.04 Å². The van der Waals surface area contributed by atoms with Gasteiger partial charge in [-0.25, -0.2) is 0 Å². The van der Waals surface area contributed by atoms with Gasteiger partial charge < -0.3 is 10.2 Å². The predicted molar refractivity (Wildman–Crippen MR) is 93.5 cm³/mol. The first-order chi connectivity index (χ1) is 11.1. The van der Waals surface area contributed by atoms with Crippen LogP contribution in [-0.2, 0) is 4.79 Å². The van der Waals surface area contributed by atoms with Crippen molar-refractivity contribution in [3.8, 4) is 0 Å². The van der Waals surface area contributed by atoms with Crippen molar-refractivity contribution < 1.29 is 9.59 Å². The molecule has 3 rings (SSSR count). The SMILES string of the molecule is Cc1ccc(N2CC[C@H](NC(=O)c3ccccc3Br)C2=O)cc1. The predicted octanol–water partition coefficient (Wildman–Crippen LogP) is 3.29. The first-order valence-electron chi connectivity index (χ1n) is 7.49. The third-order valence-corrected chi connectivity index (χ3v) is 4.67. The number of carbonyl (C=O) groups excluding carboxylic acids is 2. The molecule has 1 aliphatic rings. The third kappa shape index (κ3) is 3.29. The van der Waals surface area contributed by atoms with Crippen molar-refractivity contribution in [3.63, 3.8) is 0 Å². The number of hydrogen-bond donors (Lipinski definition) is 1. The summed E-state index contributed by atoms with van der Waals surface area (Å²) in [6.07, 6.45) is 0.614. The molecule has 0 aliphatic carbocycles. The fourth-order valence-electron chi connectivity index (χ4n) is 2.68. The summed E-state index contributed by atoms with van der Waals surface area (Å²) in [7, 11) is 0. The van der Waals surface area contributed by atoms with E-state index in [9.17, 15) is 9.59 Å². The molecule has 5 heteroatoms. The number of nitrogens with zero attached hydrogens (tertiary/aromatic N) is 1. The summed E-state index contributed by atoms with van der Waals surface area (Å²) in [5.74, 6) is -0.296. The van der Waals surface area contributed by atoms with Crippen LogP contribution >= 0.6 is 15.9 Å². The van der Waals surface area contributed by atoms with E-state index < -0.39 is 6.04 Å². The van der Waals surface area contributed by atoms with Crippen LogP contribution in [-0.4, -0.2) is 24.4 Å². The number of benzene rings is 2. The number of rotatable bonds is 3. The summed E-state index contributed by atoms with van der Waals surface area (Å²) >= 11 is 3.36. The Labute approximate surface area is 143 Å². The summed E-state index contributed by atoms with van der Waals surface area (Å²) in [4.78, 5) is 26.6. The lowest BCUT2D eigenvalue weighted by Gasteiger charge is -2.17. The lowest BCUT2D eigenvalue weighted by Crippen LogP contribution is -2.41. The van der Waals surface area contributed by atoms with Crippen LogP contribution in [0.4, 0.5) is 5.69 Å². The summed E-state index contributed by atoms with van der Waals surface area (Å²) < 4.78 is 0.721. The zero-order valence-corrected chi connectivity index (χ0v) is 14.3. The van der Waals surface area contributed by atoms with Gasteiger partial charge in [0.2, 0.25) is 5.91 Å². The molecule has 0 aromatic heterocycles. The van der Waals surface area contributed by atoms with E-state index in [0.29, 0.717) is 18.5 Å². The maximum Gasteiger partial charge on any atom is 0.253 e. The molecule has 0 spiro atoms. The maximum atomic E-state index is 12.5. The second-order valence-corrected chi connectivity index (χ2v) is 6.47. The first kappa shape index (κ1) is 15.7. The molecule has 1 fully saturated rings. The Morgan fingerprint density at radius 1 is 1.17 bits per heavy atom. The van der Waals surface area contributed by atoms with Crippen LogP contribution in [0.3, 0.4) is 0 Å². The molecule has 2 aromatic rings. The van der Waals surface area contributed by atoms with E-state index in [0.717, 1.165) is 15.7 Å². The molecular weight excluding hydrogens is 356 g/mol. The first-order valence-corrected chi connectivity index (χ1v) is 8.29. The Bertz CT molecular complexity index is 743. The number of nitrogens with one attached hydrogen (secondary N) is 1. The number of halogens is 1. The zero-order chi connectivity index (χ0) is 16.4. The van der Waals surface area contributed by atoms with Crippen LogP contribution in [0.5, 0.6) is 0 Å². The lowest BCUT2D eigenvalue weighted by molar-refractivity contribution is -0.118. The highest BCUT2D eigenvalue weighted by molar-refractivity contribution is 9.10. The average molecular weight is 373 g/mol. The van der Waals surface area contributed by atoms with Crippen molar-refractivity contribution in [2.24, 2.45) is 0 Å². The van der Waals surface area contributed by atoms with Gasteiger partial charge in [-0.05, 0) is 53.5 Å². The molecule has 2 amide bonds. The van der Waals surface area contributed by atoms with E-state index in [-0.39, 0.29) is 11.8 Å². The van der Waals surface area contributed by atoms with E-state index in [4.69, 9.17) is 0 Å². The molecule has 4 nitrogen and oxygen atoms in total. The van der Waals surface area contributed by atoms with E-state index in [2.05, 4.69) is 21.2 Å². The highest BCUT2D eigenvalue weighted by Crippen LogP contribution is 2.23. The Hall–Kier alpha value is -2.14. The topological polar surface area (TPSA) is 49.4 Å². The molecule has 1 N–H and O–H groups in total. The van der Waals surface area contributed by atoms with Crippen molar-refractivity contribution in [1.29, 1.82) is 0 Å². The Balaban J connectivity index is 1.71. The summed E-state index contributed by atoms with van der Waals surface area (Å²) in [6, 6.07) is 14.5. The van der Waals surface area contributed by atoms with Gasteiger partial charge in [-0.3, -0.25) is 9.59 Å². The number of carbonyl (C=O) groups is 2. The molecule has 0 saturated carbocycles. The number of aryl methyl sites for hydroxylation is 1. The van der Waals surface area contributed by atoms with Crippen molar-refractivity contribution in [2.45, 2.75) is 19.4 Å². The molecule has 0 radical (unpaired) electrons. The number of amides is 2. The van der Waals surface area contributed by atoms with Crippen LogP contribution in [0, 0.1) is 6.92 Å². The fourth-order valence-corrected chi connectivity index (χ4v) is 3.14. The zero-order valence-electron chi connectivity index (χ0n) is 12.8. The van der Waals surface area contributed by atoms with Crippen LogP contribution < -0.4 is 10.2 Å². The maximum absolute atomic E-state index is 12.5. The Morgan fingerprint density at radius 2 is 1.87 bits per heavy atom. The van der Waals surface area contributed by atoms with Crippen molar-refractivity contribution in [1.82, 2.24) is 5.32 Å². The summed E-state index contributed by atoms with van der Waals surface area (Å²) in [5, 5.41) is 2.84. The van der Waals surface area contributed by atoms with Gasteiger partial charge in [-0.1, -0.05) is 29.8 Å². The molecular formula is C18H17BrN2O2. The molecule has 118 valence electrons. The van der Waals surface area contributed by atoms with Gasteiger partial charge in [0.25, 0.3) is 5.91 Å². The molecule has 1 heterocycles. The van der Waals surface area contributed by atoms with Crippen molar-refractivity contribution in [3.05, 3.63) is 64.1 Å². The van der Waals surface area contributed by atoms with E-state index in [1.54, 1.807) is 17.0 Å². The van der Waals surface area contributed by atoms with Crippen molar-refractivity contribution in [2.75, 3.05) is 11.4 Å². The quantitative estimate of drug-likeness (QED) is 0.898. The lowest BCUT2D eigenvalue weighted by atomic mass is 10.2. The van der Waals surface area contributed by atoms with E-state index in [1.165, 1.54) is 0 Å². The highest BCUT2D eigenvalue weighted by Gasteiger charge is 2.33. The molecule has 2 aromatic carbocycles. The Kier molecular flexibility index (Phi) is 4.48. The highest BCUT2D eigenvalue weighted by atomic mass is 79.9.